The van der Waals surface area contributed by atoms with E-state index in [0.29, 0.717) is 16.9 Å². The molecule has 0 saturated heterocycles. The molecular formula is C12H12N4O3. The quantitative estimate of drug-likeness (QED) is 0.652. The first-order valence-electron chi connectivity index (χ1n) is 5.55. The molecule has 0 unspecified atom stereocenters. The largest absolute Gasteiger partial charge is 0.321 e. The highest BCUT2D eigenvalue weighted by Gasteiger charge is 2.14. The molecular weight excluding hydrogens is 248 g/mol. The Kier molecular flexibility index (Phi) is 3.28. The SMILES string of the molecule is Cc1ccc([N+](=O)[O-])cc1NC(=O)c1cn[nH]c1C. The van der Waals surface area contributed by atoms with E-state index in [1.165, 1.54) is 18.3 Å². The molecule has 1 aromatic heterocycles. The highest BCUT2D eigenvalue weighted by molar-refractivity contribution is 6.05. The Hall–Kier alpha value is -2.70. The van der Waals surface area contributed by atoms with E-state index in [2.05, 4.69) is 15.5 Å². The van der Waals surface area contributed by atoms with Gasteiger partial charge in [-0.1, -0.05) is 6.07 Å². The van der Waals surface area contributed by atoms with E-state index in [4.69, 9.17) is 0 Å². The fraction of sp³-hybridized carbons (Fsp3) is 0.167. The maximum absolute atomic E-state index is 12.0. The van der Waals surface area contributed by atoms with Crippen molar-refractivity contribution in [2.24, 2.45) is 0 Å². The summed E-state index contributed by atoms with van der Waals surface area (Å²) in [7, 11) is 0. The van der Waals surface area contributed by atoms with Crippen LogP contribution in [0, 0.1) is 24.0 Å². The van der Waals surface area contributed by atoms with E-state index in [0.717, 1.165) is 5.56 Å². The zero-order valence-electron chi connectivity index (χ0n) is 10.4. The summed E-state index contributed by atoms with van der Waals surface area (Å²) in [5.41, 5.74) is 2.15. The van der Waals surface area contributed by atoms with Crippen LogP contribution in [0.15, 0.2) is 24.4 Å². The standard InChI is InChI=1S/C12H12N4O3/c1-7-3-4-9(16(18)19)5-11(7)14-12(17)10-6-13-15-8(10)2/h3-6H,1-2H3,(H,13,15)(H,14,17). The molecule has 2 N–H and O–H groups in total. The second-order valence-corrected chi connectivity index (χ2v) is 4.12. The number of carbonyl (C=O) groups is 1. The minimum Gasteiger partial charge on any atom is -0.321 e. The second-order valence-electron chi connectivity index (χ2n) is 4.12. The fourth-order valence-corrected chi connectivity index (χ4v) is 1.63. The molecule has 0 saturated carbocycles. The van der Waals surface area contributed by atoms with Crippen LogP contribution in [0.4, 0.5) is 11.4 Å². The molecule has 0 atom stereocenters. The summed E-state index contributed by atoms with van der Waals surface area (Å²) in [6, 6.07) is 4.33. The molecule has 0 bridgehead atoms. The molecule has 0 fully saturated rings. The molecule has 2 rings (SSSR count). The number of benzene rings is 1. The van der Waals surface area contributed by atoms with Crippen molar-refractivity contribution < 1.29 is 9.72 Å². The normalized spacial score (nSPS) is 10.2. The van der Waals surface area contributed by atoms with Gasteiger partial charge in [0.2, 0.25) is 0 Å². The Morgan fingerprint density at radius 2 is 2.16 bits per heavy atom. The van der Waals surface area contributed by atoms with Crippen LogP contribution in [-0.4, -0.2) is 21.0 Å². The van der Waals surface area contributed by atoms with Crippen LogP contribution in [0.25, 0.3) is 0 Å². The van der Waals surface area contributed by atoms with Gasteiger partial charge in [0, 0.05) is 17.8 Å². The third-order valence-corrected chi connectivity index (χ3v) is 2.75. The van der Waals surface area contributed by atoms with Gasteiger partial charge >= 0.3 is 0 Å². The van der Waals surface area contributed by atoms with Gasteiger partial charge in [-0.25, -0.2) is 0 Å². The molecule has 0 radical (unpaired) electrons. The van der Waals surface area contributed by atoms with E-state index in [-0.39, 0.29) is 11.6 Å². The number of amides is 1. The lowest BCUT2D eigenvalue weighted by molar-refractivity contribution is -0.384. The minimum atomic E-state index is -0.502. The monoisotopic (exact) mass is 260 g/mol. The van der Waals surface area contributed by atoms with Crippen molar-refractivity contribution in [3.63, 3.8) is 0 Å². The van der Waals surface area contributed by atoms with E-state index >= 15 is 0 Å². The van der Waals surface area contributed by atoms with Gasteiger partial charge in [0.15, 0.2) is 0 Å². The predicted octanol–water partition coefficient (Wildman–Crippen LogP) is 2.19. The number of anilines is 1. The number of aromatic amines is 1. The first kappa shape index (κ1) is 12.7. The first-order chi connectivity index (χ1) is 8.99. The number of nitro groups is 1. The van der Waals surface area contributed by atoms with Gasteiger partial charge in [-0.15, -0.1) is 0 Å². The van der Waals surface area contributed by atoms with Crippen LogP contribution >= 0.6 is 0 Å². The maximum Gasteiger partial charge on any atom is 0.271 e. The molecule has 7 heteroatoms. The van der Waals surface area contributed by atoms with Crippen molar-refractivity contribution in [1.29, 1.82) is 0 Å². The molecule has 0 aliphatic heterocycles. The van der Waals surface area contributed by atoms with Gasteiger partial charge in [-0.2, -0.15) is 5.10 Å². The lowest BCUT2D eigenvalue weighted by Crippen LogP contribution is -2.13. The Bertz CT molecular complexity index is 648. The molecule has 19 heavy (non-hydrogen) atoms. The summed E-state index contributed by atoms with van der Waals surface area (Å²) in [5, 5.41) is 19.8. The number of hydrogen-bond donors (Lipinski definition) is 2. The van der Waals surface area contributed by atoms with Gasteiger partial charge in [-0.3, -0.25) is 20.0 Å². The minimum absolute atomic E-state index is 0.0650. The smallest absolute Gasteiger partial charge is 0.271 e. The number of aryl methyl sites for hydroxylation is 2. The van der Waals surface area contributed by atoms with Crippen LogP contribution in [-0.2, 0) is 0 Å². The molecule has 7 nitrogen and oxygen atoms in total. The van der Waals surface area contributed by atoms with Crippen LogP contribution in [0.1, 0.15) is 21.6 Å². The van der Waals surface area contributed by atoms with Crippen molar-refractivity contribution >= 4 is 17.3 Å². The fourth-order valence-electron chi connectivity index (χ4n) is 1.63. The Morgan fingerprint density at radius 1 is 1.42 bits per heavy atom. The summed E-state index contributed by atoms with van der Waals surface area (Å²) >= 11 is 0. The number of nitrogens with zero attached hydrogens (tertiary/aromatic N) is 2. The average Bonchev–Trinajstić information content (AvgIpc) is 2.78. The van der Waals surface area contributed by atoms with Crippen molar-refractivity contribution in [1.82, 2.24) is 10.2 Å². The molecule has 1 amide bonds. The van der Waals surface area contributed by atoms with Crippen LogP contribution in [0.3, 0.4) is 0 Å². The number of rotatable bonds is 3. The van der Waals surface area contributed by atoms with Gasteiger partial charge in [-0.05, 0) is 19.4 Å². The highest BCUT2D eigenvalue weighted by Crippen LogP contribution is 2.22. The third kappa shape index (κ3) is 2.59. The van der Waals surface area contributed by atoms with Crippen molar-refractivity contribution in [2.75, 3.05) is 5.32 Å². The van der Waals surface area contributed by atoms with Crippen LogP contribution < -0.4 is 5.32 Å². The summed E-state index contributed by atoms with van der Waals surface area (Å²) in [5.74, 6) is -0.352. The summed E-state index contributed by atoms with van der Waals surface area (Å²) < 4.78 is 0. The van der Waals surface area contributed by atoms with Crippen LogP contribution in [0.5, 0.6) is 0 Å². The number of carbonyl (C=O) groups excluding carboxylic acids is 1. The molecule has 0 aliphatic carbocycles. The van der Waals surface area contributed by atoms with Gasteiger partial charge in [0.05, 0.1) is 22.4 Å². The van der Waals surface area contributed by atoms with Gasteiger partial charge in [0.1, 0.15) is 0 Å². The van der Waals surface area contributed by atoms with E-state index < -0.39 is 4.92 Å². The Balaban J connectivity index is 2.28. The number of nitrogens with one attached hydrogen (secondary N) is 2. The number of non-ortho nitro benzene ring substituents is 1. The highest BCUT2D eigenvalue weighted by atomic mass is 16.6. The molecule has 0 aliphatic rings. The lowest BCUT2D eigenvalue weighted by Gasteiger charge is -2.07. The van der Waals surface area contributed by atoms with Crippen molar-refractivity contribution in [2.45, 2.75) is 13.8 Å². The molecule has 1 aromatic carbocycles. The Morgan fingerprint density at radius 3 is 2.74 bits per heavy atom. The van der Waals surface area contributed by atoms with Crippen LogP contribution in [0.2, 0.25) is 0 Å². The zero-order valence-corrected chi connectivity index (χ0v) is 10.4. The topological polar surface area (TPSA) is 101 Å². The molecule has 98 valence electrons. The number of aromatic nitrogens is 2. The zero-order chi connectivity index (χ0) is 14.0. The van der Waals surface area contributed by atoms with E-state index in [1.807, 2.05) is 0 Å². The lowest BCUT2D eigenvalue weighted by atomic mass is 10.1. The third-order valence-electron chi connectivity index (χ3n) is 2.75. The van der Waals surface area contributed by atoms with Gasteiger partial charge in [0.25, 0.3) is 11.6 Å². The second kappa shape index (κ2) is 4.89. The van der Waals surface area contributed by atoms with Crippen molar-refractivity contribution in [3.8, 4) is 0 Å². The first-order valence-corrected chi connectivity index (χ1v) is 5.55. The van der Waals surface area contributed by atoms with E-state index in [9.17, 15) is 14.9 Å². The van der Waals surface area contributed by atoms with E-state index in [1.54, 1.807) is 19.9 Å². The van der Waals surface area contributed by atoms with Crippen molar-refractivity contribution in [3.05, 3.63) is 51.3 Å². The summed E-state index contributed by atoms with van der Waals surface area (Å²) in [6.45, 7) is 3.49. The van der Waals surface area contributed by atoms with Gasteiger partial charge < -0.3 is 5.32 Å². The average molecular weight is 260 g/mol. The number of H-pyrrole nitrogens is 1. The maximum atomic E-state index is 12.0. The number of nitro benzene ring substituents is 1. The summed E-state index contributed by atoms with van der Waals surface area (Å²) in [4.78, 5) is 22.2. The summed E-state index contributed by atoms with van der Waals surface area (Å²) in [6.07, 6.45) is 1.41. The molecule has 0 spiro atoms. The number of hydrogen-bond acceptors (Lipinski definition) is 4. The molecule has 1 heterocycles. The Labute approximate surface area is 108 Å². The predicted molar refractivity (Wildman–Crippen MR) is 69.1 cm³/mol. The molecule has 2 aromatic rings.